The fourth-order valence-electron chi connectivity index (χ4n) is 3.28. The Kier molecular flexibility index (Phi) is 5.70. The summed E-state index contributed by atoms with van der Waals surface area (Å²) >= 11 is 0. The van der Waals surface area contributed by atoms with Crippen molar-refractivity contribution in [2.45, 2.75) is 13.8 Å². The molecule has 0 radical (unpaired) electrons. The third kappa shape index (κ3) is 4.42. The van der Waals surface area contributed by atoms with Crippen LogP contribution in [0.25, 0.3) is 21.9 Å². The van der Waals surface area contributed by atoms with Crippen LogP contribution in [0, 0.1) is 12.7 Å². The number of halogens is 1. The topological polar surface area (TPSA) is 91.8 Å². The van der Waals surface area contributed by atoms with Gasteiger partial charge in [-0.1, -0.05) is 0 Å². The molecule has 8 heteroatoms. The highest BCUT2D eigenvalue weighted by atomic mass is 19.1. The van der Waals surface area contributed by atoms with Crippen LogP contribution in [-0.2, 0) is 0 Å². The van der Waals surface area contributed by atoms with Gasteiger partial charge in [-0.15, -0.1) is 0 Å². The number of carbonyl (C=O) groups excluding carboxylic acids is 1. The van der Waals surface area contributed by atoms with Gasteiger partial charge in [0.1, 0.15) is 11.6 Å². The number of pyridine rings is 3. The van der Waals surface area contributed by atoms with Crippen LogP contribution in [0.3, 0.4) is 0 Å². The second kappa shape index (κ2) is 8.74. The molecular formula is C23H21FN6O. The van der Waals surface area contributed by atoms with Gasteiger partial charge in [-0.2, -0.15) is 0 Å². The van der Waals surface area contributed by atoms with Crippen LogP contribution < -0.4 is 16.0 Å². The molecule has 156 valence electrons. The fourth-order valence-corrected chi connectivity index (χ4v) is 3.28. The Balaban J connectivity index is 1.88. The van der Waals surface area contributed by atoms with E-state index in [-0.39, 0.29) is 5.82 Å². The number of urea groups is 1. The highest BCUT2D eigenvalue weighted by Crippen LogP contribution is 2.36. The number of aromatic nitrogens is 3. The van der Waals surface area contributed by atoms with Crippen molar-refractivity contribution in [3.05, 3.63) is 72.7 Å². The first-order valence-electron chi connectivity index (χ1n) is 9.81. The maximum atomic E-state index is 15.6. The molecule has 1 aromatic carbocycles. The van der Waals surface area contributed by atoms with Crippen LogP contribution in [0.2, 0.25) is 0 Å². The Hall–Kier alpha value is -4.07. The van der Waals surface area contributed by atoms with Gasteiger partial charge in [0, 0.05) is 58.9 Å². The molecule has 0 atom stereocenters. The van der Waals surface area contributed by atoms with E-state index in [9.17, 15) is 4.79 Å². The molecule has 3 N–H and O–H groups in total. The molecule has 0 aliphatic carbocycles. The number of rotatable bonds is 5. The van der Waals surface area contributed by atoms with E-state index in [0.717, 1.165) is 11.3 Å². The molecular weight excluding hydrogens is 395 g/mol. The van der Waals surface area contributed by atoms with Crippen molar-refractivity contribution in [2.24, 2.45) is 0 Å². The van der Waals surface area contributed by atoms with Crippen molar-refractivity contribution >= 4 is 34.0 Å². The SMILES string of the molecule is CCNC(=O)Nc1cc2c(F)c(-c3cncc(C)c3)cc(Nc3cccnc3)c2cn1. The first-order chi connectivity index (χ1) is 15.0. The molecule has 4 aromatic rings. The Morgan fingerprint density at radius 1 is 1.06 bits per heavy atom. The number of carbonyl (C=O) groups is 1. The van der Waals surface area contributed by atoms with E-state index in [4.69, 9.17) is 0 Å². The Labute approximate surface area is 178 Å². The minimum Gasteiger partial charge on any atom is -0.354 e. The van der Waals surface area contributed by atoms with E-state index >= 15 is 4.39 Å². The second-order valence-electron chi connectivity index (χ2n) is 7.00. The predicted molar refractivity (Wildman–Crippen MR) is 120 cm³/mol. The largest absolute Gasteiger partial charge is 0.354 e. The normalized spacial score (nSPS) is 10.7. The van der Waals surface area contributed by atoms with E-state index in [1.54, 1.807) is 30.9 Å². The molecule has 0 aliphatic heterocycles. The molecule has 4 rings (SSSR count). The third-order valence-corrected chi connectivity index (χ3v) is 4.66. The molecule has 0 unspecified atom stereocenters. The summed E-state index contributed by atoms with van der Waals surface area (Å²) in [6.07, 6.45) is 8.24. The maximum absolute atomic E-state index is 15.6. The van der Waals surface area contributed by atoms with Crippen molar-refractivity contribution < 1.29 is 9.18 Å². The van der Waals surface area contributed by atoms with Crippen molar-refractivity contribution in [1.29, 1.82) is 0 Å². The average molecular weight is 416 g/mol. The zero-order valence-electron chi connectivity index (χ0n) is 17.1. The summed E-state index contributed by atoms with van der Waals surface area (Å²) in [5.74, 6) is -0.162. The smallest absolute Gasteiger partial charge is 0.320 e. The summed E-state index contributed by atoms with van der Waals surface area (Å²) in [5, 5.41) is 9.45. The standard InChI is InChI=1S/C23H21FN6O/c1-3-27-23(31)30-21-9-18-19(13-28-21)20(29-16-5-4-6-25-12-16)8-17(22(18)24)15-7-14(2)10-26-11-15/h4-13,29H,3H2,1-2H3,(H2,27,28,30,31). The van der Waals surface area contributed by atoms with Crippen LogP contribution in [0.4, 0.5) is 26.4 Å². The molecule has 3 aromatic heterocycles. The van der Waals surface area contributed by atoms with Crippen LogP contribution in [-0.4, -0.2) is 27.5 Å². The quantitative estimate of drug-likeness (QED) is 0.425. The fraction of sp³-hybridized carbons (Fsp3) is 0.130. The summed E-state index contributed by atoms with van der Waals surface area (Å²) < 4.78 is 15.6. The van der Waals surface area contributed by atoms with Crippen LogP contribution in [0.15, 0.2) is 61.3 Å². The number of fused-ring (bicyclic) bond motifs is 1. The molecule has 2 amide bonds. The summed E-state index contributed by atoms with van der Waals surface area (Å²) in [4.78, 5) is 24.5. The van der Waals surface area contributed by atoms with Crippen molar-refractivity contribution in [1.82, 2.24) is 20.3 Å². The number of hydrogen-bond acceptors (Lipinski definition) is 5. The van der Waals surface area contributed by atoms with Gasteiger partial charge < -0.3 is 10.6 Å². The molecule has 0 saturated heterocycles. The minimum absolute atomic E-state index is 0.254. The Morgan fingerprint density at radius 2 is 1.94 bits per heavy atom. The number of nitrogens with zero attached hydrogens (tertiary/aromatic N) is 3. The van der Waals surface area contributed by atoms with Crippen LogP contribution in [0.5, 0.6) is 0 Å². The predicted octanol–water partition coefficient (Wildman–Crippen LogP) is 5.02. The summed E-state index contributed by atoms with van der Waals surface area (Å²) in [7, 11) is 0. The number of anilines is 3. The lowest BCUT2D eigenvalue weighted by Gasteiger charge is -2.15. The van der Waals surface area contributed by atoms with E-state index in [2.05, 4.69) is 30.9 Å². The maximum Gasteiger partial charge on any atom is 0.320 e. The third-order valence-electron chi connectivity index (χ3n) is 4.66. The molecule has 31 heavy (non-hydrogen) atoms. The van der Waals surface area contributed by atoms with Crippen LogP contribution >= 0.6 is 0 Å². The average Bonchev–Trinajstić information content (AvgIpc) is 2.76. The lowest BCUT2D eigenvalue weighted by Crippen LogP contribution is -2.28. The summed E-state index contributed by atoms with van der Waals surface area (Å²) in [6, 6.07) is 8.42. The van der Waals surface area contributed by atoms with Crippen molar-refractivity contribution in [3.8, 4) is 11.1 Å². The second-order valence-corrected chi connectivity index (χ2v) is 7.00. The molecule has 0 saturated carbocycles. The highest BCUT2D eigenvalue weighted by molar-refractivity contribution is 6.01. The van der Waals surface area contributed by atoms with Gasteiger partial charge in [0.25, 0.3) is 0 Å². The first-order valence-corrected chi connectivity index (χ1v) is 9.81. The number of amides is 2. The molecule has 0 spiro atoms. The molecule has 0 aliphatic rings. The molecule has 7 nitrogen and oxygen atoms in total. The van der Waals surface area contributed by atoms with E-state index in [1.807, 2.05) is 32.0 Å². The summed E-state index contributed by atoms with van der Waals surface area (Å²) in [5.41, 5.74) is 3.40. The lowest BCUT2D eigenvalue weighted by atomic mass is 9.99. The van der Waals surface area contributed by atoms with Gasteiger partial charge in [-0.05, 0) is 49.7 Å². The zero-order valence-corrected chi connectivity index (χ0v) is 17.1. The van der Waals surface area contributed by atoms with Gasteiger partial charge in [0.15, 0.2) is 0 Å². The van der Waals surface area contributed by atoms with Crippen LogP contribution in [0.1, 0.15) is 12.5 Å². The van der Waals surface area contributed by atoms with E-state index < -0.39 is 11.8 Å². The number of aryl methyl sites for hydroxylation is 1. The van der Waals surface area contributed by atoms with Crippen molar-refractivity contribution in [2.75, 3.05) is 17.2 Å². The van der Waals surface area contributed by atoms with E-state index in [1.165, 1.54) is 12.3 Å². The molecule has 0 fully saturated rings. The monoisotopic (exact) mass is 416 g/mol. The van der Waals surface area contributed by atoms with Gasteiger partial charge in [0.2, 0.25) is 0 Å². The lowest BCUT2D eigenvalue weighted by molar-refractivity contribution is 0.252. The Bertz CT molecular complexity index is 1250. The number of benzene rings is 1. The highest BCUT2D eigenvalue weighted by Gasteiger charge is 2.16. The first kappa shape index (κ1) is 20.2. The number of nitrogens with one attached hydrogen (secondary N) is 3. The van der Waals surface area contributed by atoms with Gasteiger partial charge in [-0.3, -0.25) is 15.3 Å². The zero-order chi connectivity index (χ0) is 21.8. The number of hydrogen-bond donors (Lipinski definition) is 3. The van der Waals surface area contributed by atoms with Gasteiger partial charge >= 0.3 is 6.03 Å². The molecule has 0 bridgehead atoms. The van der Waals surface area contributed by atoms with E-state index in [0.29, 0.717) is 34.1 Å². The van der Waals surface area contributed by atoms with Crippen molar-refractivity contribution in [3.63, 3.8) is 0 Å². The van der Waals surface area contributed by atoms with Gasteiger partial charge in [0.05, 0.1) is 11.9 Å². The minimum atomic E-state index is -0.416. The summed E-state index contributed by atoms with van der Waals surface area (Å²) in [6.45, 7) is 4.19. The molecule has 3 heterocycles. The Morgan fingerprint density at radius 3 is 2.68 bits per heavy atom. The van der Waals surface area contributed by atoms with Gasteiger partial charge in [-0.25, -0.2) is 14.2 Å².